The van der Waals surface area contributed by atoms with Crippen LogP contribution in [0, 0.1) is 6.92 Å². The number of hydrogen-bond acceptors (Lipinski definition) is 3. The van der Waals surface area contributed by atoms with Crippen LogP contribution in [-0.2, 0) is 4.74 Å². The summed E-state index contributed by atoms with van der Waals surface area (Å²) < 4.78 is 6.56. The maximum absolute atomic E-state index is 11.8. The van der Waals surface area contributed by atoms with Crippen LogP contribution in [0.2, 0.25) is 5.15 Å². The van der Waals surface area contributed by atoms with Gasteiger partial charge in [0.2, 0.25) is 0 Å². The van der Waals surface area contributed by atoms with Crippen LogP contribution in [0.5, 0.6) is 0 Å². The van der Waals surface area contributed by atoms with E-state index in [1.165, 1.54) is 0 Å². The van der Waals surface area contributed by atoms with Crippen molar-refractivity contribution >= 4 is 23.2 Å². The molecule has 2 rings (SSSR count). The SMILES string of the molecule is CCOC(=O)c1c(C)nc2cccc(Cl)n12. The lowest BCUT2D eigenvalue weighted by Crippen LogP contribution is -2.09. The van der Waals surface area contributed by atoms with Gasteiger partial charge in [-0.2, -0.15) is 0 Å². The van der Waals surface area contributed by atoms with Crippen molar-refractivity contribution in [3.63, 3.8) is 0 Å². The van der Waals surface area contributed by atoms with E-state index < -0.39 is 5.97 Å². The molecule has 0 spiro atoms. The molecule has 2 aromatic rings. The molecule has 0 unspecified atom stereocenters. The molecule has 0 atom stereocenters. The molecular weight excluding hydrogens is 228 g/mol. The molecule has 0 aliphatic rings. The van der Waals surface area contributed by atoms with E-state index in [2.05, 4.69) is 4.98 Å². The minimum absolute atomic E-state index is 0.329. The number of hydrogen-bond donors (Lipinski definition) is 0. The molecule has 0 aliphatic carbocycles. The molecule has 0 saturated carbocycles. The largest absolute Gasteiger partial charge is 0.461 e. The summed E-state index contributed by atoms with van der Waals surface area (Å²) in [5, 5.41) is 0.446. The fourth-order valence-electron chi connectivity index (χ4n) is 1.61. The van der Waals surface area contributed by atoms with E-state index in [-0.39, 0.29) is 0 Å². The first kappa shape index (κ1) is 11.0. The number of esters is 1. The summed E-state index contributed by atoms with van der Waals surface area (Å²) in [4.78, 5) is 16.0. The number of imidazole rings is 1. The Morgan fingerprint density at radius 2 is 2.31 bits per heavy atom. The predicted molar refractivity (Wildman–Crippen MR) is 60.9 cm³/mol. The Labute approximate surface area is 97.8 Å². The topological polar surface area (TPSA) is 43.6 Å². The maximum atomic E-state index is 11.8. The lowest BCUT2D eigenvalue weighted by atomic mass is 10.3. The van der Waals surface area contributed by atoms with E-state index in [0.29, 0.717) is 28.8 Å². The fraction of sp³-hybridized carbons (Fsp3) is 0.273. The van der Waals surface area contributed by atoms with Gasteiger partial charge < -0.3 is 4.74 Å². The van der Waals surface area contributed by atoms with Gasteiger partial charge in [-0.1, -0.05) is 17.7 Å². The van der Waals surface area contributed by atoms with Gasteiger partial charge in [-0.05, 0) is 26.0 Å². The van der Waals surface area contributed by atoms with Crippen molar-refractivity contribution in [3.05, 3.63) is 34.7 Å². The van der Waals surface area contributed by atoms with Crippen molar-refractivity contribution in [1.29, 1.82) is 0 Å². The Morgan fingerprint density at radius 1 is 1.56 bits per heavy atom. The van der Waals surface area contributed by atoms with Crippen molar-refractivity contribution in [2.75, 3.05) is 6.61 Å². The van der Waals surface area contributed by atoms with E-state index in [4.69, 9.17) is 16.3 Å². The van der Waals surface area contributed by atoms with E-state index in [9.17, 15) is 4.79 Å². The molecule has 16 heavy (non-hydrogen) atoms. The highest BCUT2D eigenvalue weighted by Crippen LogP contribution is 2.19. The van der Waals surface area contributed by atoms with Crippen LogP contribution < -0.4 is 0 Å². The van der Waals surface area contributed by atoms with Crippen molar-refractivity contribution in [2.24, 2.45) is 0 Å². The van der Waals surface area contributed by atoms with Gasteiger partial charge in [0.1, 0.15) is 10.8 Å². The van der Waals surface area contributed by atoms with Gasteiger partial charge in [-0.25, -0.2) is 9.78 Å². The average Bonchev–Trinajstić information content (AvgIpc) is 2.56. The first-order chi connectivity index (χ1) is 7.65. The zero-order chi connectivity index (χ0) is 11.7. The Bertz CT molecular complexity index is 548. The van der Waals surface area contributed by atoms with Crippen molar-refractivity contribution in [3.8, 4) is 0 Å². The second-order valence-corrected chi connectivity index (χ2v) is 3.70. The molecule has 0 saturated heterocycles. The lowest BCUT2D eigenvalue weighted by Gasteiger charge is -2.04. The number of pyridine rings is 1. The molecule has 2 heterocycles. The van der Waals surface area contributed by atoms with Crippen molar-refractivity contribution in [2.45, 2.75) is 13.8 Å². The first-order valence-electron chi connectivity index (χ1n) is 4.96. The molecule has 0 aromatic carbocycles. The second-order valence-electron chi connectivity index (χ2n) is 3.31. The molecule has 0 aliphatic heterocycles. The third-order valence-electron chi connectivity index (χ3n) is 2.24. The molecular formula is C11H11ClN2O2. The summed E-state index contributed by atoms with van der Waals surface area (Å²) in [7, 11) is 0. The van der Waals surface area contributed by atoms with Gasteiger partial charge >= 0.3 is 5.97 Å². The van der Waals surface area contributed by atoms with Gasteiger partial charge in [0.05, 0.1) is 12.3 Å². The number of carbonyl (C=O) groups excluding carboxylic acids is 1. The fourth-order valence-corrected chi connectivity index (χ4v) is 1.85. The summed E-state index contributed by atoms with van der Waals surface area (Å²) in [6.07, 6.45) is 0. The molecule has 2 aromatic heterocycles. The number of nitrogens with zero attached hydrogens (tertiary/aromatic N) is 2. The Kier molecular flexibility index (Phi) is 2.83. The van der Waals surface area contributed by atoms with Crippen LogP contribution in [0.25, 0.3) is 5.65 Å². The van der Waals surface area contributed by atoms with Crippen LogP contribution in [0.1, 0.15) is 23.1 Å². The highest BCUT2D eigenvalue weighted by molar-refractivity contribution is 6.30. The molecule has 0 bridgehead atoms. The number of fused-ring (bicyclic) bond motifs is 1. The number of aryl methyl sites for hydroxylation is 1. The van der Waals surface area contributed by atoms with E-state index >= 15 is 0 Å². The Hall–Kier alpha value is -1.55. The van der Waals surface area contributed by atoms with Crippen molar-refractivity contribution in [1.82, 2.24) is 9.38 Å². The number of aromatic nitrogens is 2. The summed E-state index contributed by atoms with van der Waals surface area (Å²) in [6, 6.07) is 5.29. The third-order valence-corrected chi connectivity index (χ3v) is 2.53. The number of halogens is 1. The second kappa shape index (κ2) is 4.14. The van der Waals surface area contributed by atoms with Crippen LogP contribution in [0.15, 0.2) is 18.2 Å². The van der Waals surface area contributed by atoms with E-state index in [1.54, 1.807) is 36.4 Å². The maximum Gasteiger partial charge on any atom is 0.357 e. The average molecular weight is 239 g/mol. The number of rotatable bonds is 2. The highest BCUT2D eigenvalue weighted by atomic mass is 35.5. The highest BCUT2D eigenvalue weighted by Gasteiger charge is 2.18. The first-order valence-corrected chi connectivity index (χ1v) is 5.33. The molecule has 84 valence electrons. The van der Waals surface area contributed by atoms with Crippen LogP contribution in [0.4, 0.5) is 0 Å². The number of carbonyl (C=O) groups is 1. The summed E-state index contributed by atoms with van der Waals surface area (Å²) in [5.41, 5.74) is 1.65. The van der Waals surface area contributed by atoms with E-state index in [0.717, 1.165) is 0 Å². The van der Waals surface area contributed by atoms with Gasteiger partial charge in [-0.3, -0.25) is 4.40 Å². The summed E-state index contributed by atoms with van der Waals surface area (Å²) >= 11 is 6.03. The minimum atomic E-state index is -0.402. The standard InChI is InChI=1S/C11H11ClN2O2/c1-3-16-11(15)10-7(2)13-9-6-4-5-8(12)14(9)10/h4-6H,3H2,1-2H3. The monoisotopic (exact) mass is 238 g/mol. The normalized spacial score (nSPS) is 10.7. The zero-order valence-corrected chi connectivity index (χ0v) is 9.78. The zero-order valence-electron chi connectivity index (χ0n) is 9.03. The molecule has 0 N–H and O–H groups in total. The molecule has 0 radical (unpaired) electrons. The molecule has 0 fully saturated rings. The lowest BCUT2D eigenvalue weighted by molar-refractivity contribution is 0.0517. The van der Waals surface area contributed by atoms with Gasteiger partial charge in [0, 0.05) is 0 Å². The Balaban J connectivity index is 2.68. The van der Waals surface area contributed by atoms with Gasteiger partial charge in [0.15, 0.2) is 5.69 Å². The molecule has 0 amide bonds. The van der Waals surface area contributed by atoms with Crippen LogP contribution >= 0.6 is 11.6 Å². The number of ether oxygens (including phenoxy) is 1. The minimum Gasteiger partial charge on any atom is -0.461 e. The third kappa shape index (κ3) is 1.65. The van der Waals surface area contributed by atoms with Crippen LogP contribution in [-0.4, -0.2) is 22.0 Å². The van der Waals surface area contributed by atoms with Gasteiger partial charge in [-0.15, -0.1) is 0 Å². The molecule has 4 nitrogen and oxygen atoms in total. The Morgan fingerprint density at radius 3 is 3.00 bits per heavy atom. The quantitative estimate of drug-likeness (QED) is 0.596. The van der Waals surface area contributed by atoms with Gasteiger partial charge in [0.25, 0.3) is 0 Å². The van der Waals surface area contributed by atoms with Crippen molar-refractivity contribution < 1.29 is 9.53 Å². The molecule has 5 heteroatoms. The van der Waals surface area contributed by atoms with E-state index in [1.807, 2.05) is 0 Å². The van der Waals surface area contributed by atoms with Crippen LogP contribution in [0.3, 0.4) is 0 Å². The smallest absolute Gasteiger partial charge is 0.357 e. The predicted octanol–water partition coefficient (Wildman–Crippen LogP) is 2.47. The summed E-state index contributed by atoms with van der Waals surface area (Å²) in [5.74, 6) is -0.402. The summed E-state index contributed by atoms with van der Waals surface area (Å²) in [6.45, 7) is 3.85.